The highest BCUT2D eigenvalue weighted by molar-refractivity contribution is 5.90. The first kappa shape index (κ1) is 18.6. The quantitative estimate of drug-likeness (QED) is 0.652. The number of hydrogen-bond acceptors (Lipinski definition) is 4. The summed E-state index contributed by atoms with van der Waals surface area (Å²) in [6.45, 7) is 7.54. The third-order valence-corrected chi connectivity index (χ3v) is 2.99. The Morgan fingerprint density at radius 1 is 1.27 bits per heavy atom. The van der Waals surface area contributed by atoms with E-state index >= 15 is 0 Å². The van der Waals surface area contributed by atoms with Crippen LogP contribution < -0.4 is 11.1 Å². The van der Waals surface area contributed by atoms with E-state index in [2.05, 4.69) is 5.32 Å². The Bertz CT molecular complexity index is 447. The van der Waals surface area contributed by atoms with Gasteiger partial charge in [0.15, 0.2) is 0 Å². The highest BCUT2D eigenvalue weighted by atomic mass is 16.5. The standard InChI is InChI=1S/C17H28N2O3/c1-13(2)22-10-9-21-12-15-5-4-6-16(11-15)19-17(20)8-7-14(3)18/h4-6,11,13-14H,7-10,12,18H2,1-3H3,(H,19,20). The van der Waals surface area contributed by atoms with Gasteiger partial charge in [-0.1, -0.05) is 12.1 Å². The van der Waals surface area contributed by atoms with Gasteiger partial charge in [0.05, 0.1) is 25.9 Å². The summed E-state index contributed by atoms with van der Waals surface area (Å²) >= 11 is 0. The number of carbonyl (C=O) groups excluding carboxylic acids is 1. The lowest BCUT2D eigenvalue weighted by Crippen LogP contribution is -2.19. The van der Waals surface area contributed by atoms with Crippen LogP contribution in [0.3, 0.4) is 0 Å². The van der Waals surface area contributed by atoms with Crippen LogP contribution in [-0.4, -0.2) is 31.3 Å². The number of nitrogens with one attached hydrogen (secondary N) is 1. The van der Waals surface area contributed by atoms with Gasteiger partial charge < -0.3 is 20.5 Å². The molecule has 0 heterocycles. The zero-order valence-electron chi connectivity index (χ0n) is 13.8. The summed E-state index contributed by atoms with van der Waals surface area (Å²) in [6, 6.07) is 7.71. The maximum Gasteiger partial charge on any atom is 0.224 e. The third kappa shape index (κ3) is 8.77. The highest BCUT2D eigenvalue weighted by Crippen LogP contribution is 2.12. The van der Waals surface area contributed by atoms with Gasteiger partial charge in [-0.2, -0.15) is 0 Å². The van der Waals surface area contributed by atoms with Crippen LogP contribution in [0.4, 0.5) is 5.69 Å². The molecule has 124 valence electrons. The molecule has 5 nitrogen and oxygen atoms in total. The van der Waals surface area contributed by atoms with Crippen molar-refractivity contribution in [1.82, 2.24) is 0 Å². The molecule has 1 aromatic carbocycles. The molecule has 5 heteroatoms. The summed E-state index contributed by atoms with van der Waals surface area (Å²) < 4.78 is 11.0. The minimum atomic E-state index is -0.0132. The lowest BCUT2D eigenvalue weighted by molar-refractivity contribution is -0.116. The Kier molecular flexibility index (Phi) is 8.74. The van der Waals surface area contributed by atoms with Gasteiger partial charge in [-0.3, -0.25) is 4.79 Å². The Morgan fingerprint density at radius 3 is 2.73 bits per heavy atom. The molecule has 0 aliphatic carbocycles. The number of nitrogens with two attached hydrogens (primary N) is 1. The van der Waals surface area contributed by atoms with Crippen molar-refractivity contribution in [2.75, 3.05) is 18.5 Å². The number of rotatable bonds is 10. The molecule has 0 radical (unpaired) electrons. The molecule has 1 atom stereocenters. The van der Waals surface area contributed by atoms with Crippen molar-refractivity contribution in [3.05, 3.63) is 29.8 Å². The van der Waals surface area contributed by atoms with Crippen LogP contribution in [0.2, 0.25) is 0 Å². The molecule has 0 fully saturated rings. The molecule has 0 aliphatic rings. The van der Waals surface area contributed by atoms with Crippen LogP contribution in [0.25, 0.3) is 0 Å². The summed E-state index contributed by atoms with van der Waals surface area (Å²) in [5.41, 5.74) is 7.46. The molecule has 1 amide bonds. The summed E-state index contributed by atoms with van der Waals surface area (Å²) in [6.07, 6.45) is 1.34. The predicted molar refractivity (Wildman–Crippen MR) is 88.7 cm³/mol. The SMILES string of the molecule is CC(N)CCC(=O)Nc1cccc(COCCOC(C)C)c1. The molecule has 0 spiro atoms. The lowest BCUT2D eigenvalue weighted by Gasteiger charge is -2.10. The van der Waals surface area contributed by atoms with E-state index in [-0.39, 0.29) is 18.1 Å². The Balaban J connectivity index is 2.34. The maximum absolute atomic E-state index is 11.8. The topological polar surface area (TPSA) is 73.6 Å². The first-order valence-corrected chi connectivity index (χ1v) is 7.81. The second-order valence-electron chi connectivity index (χ2n) is 5.74. The van der Waals surface area contributed by atoms with Gasteiger partial charge in [-0.25, -0.2) is 0 Å². The fourth-order valence-electron chi connectivity index (χ4n) is 1.85. The number of ether oxygens (including phenoxy) is 2. The van der Waals surface area contributed by atoms with Gasteiger partial charge in [0.2, 0.25) is 5.91 Å². The Morgan fingerprint density at radius 2 is 2.05 bits per heavy atom. The van der Waals surface area contributed by atoms with Crippen molar-refractivity contribution < 1.29 is 14.3 Å². The van der Waals surface area contributed by atoms with E-state index in [9.17, 15) is 4.79 Å². The zero-order valence-corrected chi connectivity index (χ0v) is 13.8. The van der Waals surface area contributed by atoms with Crippen LogP contribution in [0.15, 0.2) is 24.3 Å². The fraction of sp³-hybridized carbons (Fsp3) is 0.588. The van der Waals surface area contributed by atoms with Crippen molar-refractivity contribution in [2.24, 2.45) is 5.73 Å². The maximum atomic E-state index is 11.8. The Labute approximate surface area is 133 Å². The number of benzene rings is 1. The Hall–Kier alpha value is -1.43. The molecule has 0 saturated carbocycles. The van der Waals surface area contributed by atoms with Crippen LogP contribution in [0.1, 0.15) is 39.2 Å². The molecule has 0 saturated heterocycles. The van der Waals surface area contributed by atoms with E-state index in [1.165, 1.54) is 0 Å². The first-order valence-electron chi connectivity index (χ1n) is 7.81. The van der Waals surface area contributed by atoms with Crippen molar-refractivity contribution >= 4 is 11.6 Å². The molecule has 0 aliphatic heterocycles. The normalized spacial score (nSPS) is 12.4. The van der Waals surface area contributed by atoms with Crippen LogP contribution in [0.5, 0.6) is 0 Å². The minimum Gasteiger partial charge on any atom is -0.376 e. The molecule has 3 N–H and O–H groups in total. The molecule has 22 heavy (non-hydrogen) atoms. The number of carbonyl (C=O) groups is 1. The summed E-state index contributed by atoms with van der Waals surface area (Å²) in [4.78, 5) is 11.8. The summed E-state index contributed by atoms with van der Waals surface area (Å²) in [5, 5.41) is 2.88. The molecular formula is C17H28N2O3. The van der Waals surface area contributed by atoms with Gasteiger partial charge in [0.25, 0.3) is 0 Å². The summed E-state index contributed by atoms with van der Waals surface area (Å²) in [7, 11) is 0. The second kappa shape index (κ2) is 10.3. The van der Waals surface area contributed by atoms with Crippen molar-refractivity contribution in [3.63, 3.8) is 0 Å². The molecule has 1 aromatic rings. The molecule has 0 bridgehead atoms. The van der Waals surface area contributed by atoms with E-state index in [1.807, 2.05) is 45.0 Å². The number of anilines is 1. The van der Waals surface area contributed by atoms with Gasteiger partial charge >= 0.3 is 0 Å². The predicted octanol–water partition coefficient (Wildman–Crippen LogP) is 2.69. The van der Waals surface area contributed by atoms with Gasteiger partial charge in [0.1, 0.15) is 0 Å². The molecule has 0 aromatic heterocycles. The monoisotopic (exact) mass is 308 g/mol. The third-order valence-electron chi connectivity index (χ3n) is 2.99. The van der Waals surface area contributed by atoms with E-state index in [0.29, 0.717) is 32.7 Å². The van der Waals surface area contributed by atoms with Crippen molar-refractivity contribution in [3.8, 4) is 0 Å². The van der Waals surface area contributed by atoms with E-state index in [1.54, 1.807) is 0 Å². The van der Waals surface area contributed by atoms with Crippen LogP contribution >= 0.6 is 0 Å². The lowest BCUT2D eigenvalue weighted by atomic mass is 10.1. The number of amides is 1. The molecular weight excluding hydrogens is 280 g/mol. The average Bonchev–Trinajstić information content (AvgIpc) is 2.45. The van der Waals surface area contributed by atoms with Gasteiger partial charge in [0, 0.05) is 18.2 Å². The second-order valence-corrected chi connectivity index (χ2v) is 5.74. The highest BCUT2D eigenvalue weighted by Gasteiger charge is 2.05. The largest absolute Gasteiger partial charge is 0.376 e. The van der Waals surface area contributed by atoms with Crippen LogP contribution in [-0.2, 0) is 20.9 Å². The minimum absolute atomic E-state index is 0.0132. The van der Waals surface area contributed by atoms with E-state index in [0.717, 1.165) is 11.3 Å². The smallest absolute Gasteiger partial charge is 0.224 e. The number of hydrogen-bond donors (Lipinski definition) is 2. The van der Waals surface area contributed by atoms with E-state index in [4.69, 9.17) is 15.2 Å². The molecule has 1 unspecified atom stereocenters. The summed E-state index contributed by atoms with van der Waals surface area (Å²) in [5.74, 6) is -0.0132. The molecule has 1 rings (SSSR count). The van der Waals surface area contributed by atoms with Gasteiger partial charge in [-0.05, 0) is 44.9 Å². The zero-order chi connectivity index (χ0) is 16.4. The van der Waals surface area contributed by atoms with Crippen LogP contribution in [0, 0.1) is 0 Å². The van der Waals surface area contributed by atoms with Crippen molar-refractivity contribution in [2.45, 2.75) is 52.4 Å². The van der Waals surface area contributed by atoms with Crippen molar-refractivity contribution in [1.29, 1.82) is 0 Å². The van der Waals surface area contributed by atoms with E-state index < -0.39 is 0 Å². The first-order chi connectivity index (χ1) is 10.5. The van der Waals surface area contributed by atoms with Gasteiger partial charge in [-0.15, -0.1) is 0 Å². The fourth-order valence-corrected chi connectivity index (χ4v) is 1.85. The average molecular weight is 308 g/mol.